The number of fused-ring (bicyclic) bond motifs is 4. The number of rotatable bonds is 1. The van der Waals surface area contributed by atoms with Crippen LogP contribution in [0.4, 0.5) is 0 Å². The molecule has 3 heteroatoms. The Bertz CT molecular complexity index is 1090. The molecule has 0 saturated carbocycles. The molecule has 1 aromatic heterocycles. The Kier molecular flexibility index (Phi) is 2.70. The predicted molar refractivity (Wildman–Crippen MR) is 88.8 cm³/mol. The van der Waals surface area contributed by atoms with Gasteiger partial charge in [-0.2, -0.15) is 0 Å². The van der Waals surface area contributed by atoms with Gasteiger partial charge in [0.2, 0.25) is 5.43 Å². The van der Waals surface area contributed by atoms with Crippen molar-refractivity contribution in [3.8, 4) is 5.75 Å². The zero-order valence-electron chi connectivity index (χ0n) is 12.3. The van der Waals surface area contributed by atoms with E-state index in [1.807, 2.05) is 31.2 Å². The van der Waals surface area contributed by atoms with Gasteiger partial charge in [-0.05, 0) is 42.0 Å². The van der Waals surface area contributed by atoms with Crippen molar-refractivity contribution in [2.75, 3.05) is 7.11 Å². The molecule has 108 valence electrons. The van der Waals surface area contributed by atoms with E-state index < -0.39 is 0 Å². The van der Waals surface area contributed by atoms with Gasteiger partial charge in [0.1, 0.15) is 16.9 Å². The molecule has 0 saturated heterocycles. The van der Waals surface area contributed by atoms with Crippen LogP contribution < -0.4 is 10.2 Å². The standard InChI is InChI=1S/C19H14O3/c1-11-3-6-14-12(9-11)4-7-17-18(14)19(20)15-10-13(21-2)5-8-16(15)22-17/h3-10H,1-2H3. The first-order chi connectivity index (χ1) is 10.7. The van der Waals surface area contributed by atoms with E-state index in [4.69, 9.17) is 9.15 Å². The van der Waals surface area contributed by atoms with Crippen LogP contribution in [0.5, 0.6) is 5.75 Å². The van der Waals surface area contributed by atoms with Gasteiger partial charge in [-0.1, -0.05) is 29.8 Å². The van der Waals surface area contributed by atoms with Crippen LogP contribution >= 0.6 is 0 Å². The molecule has 3 aromatic carbocycles. The van der Waals surface area contributed by atoms with Crippen molar-refractivity contribution in [1.29, 1.82) is 0 Å². The highest BCUT2D eigenvalue weighted by Crippen LogP contribution is 2.28. The lowest BCUT2D eigenvalue weighted by atomic mass is 10.0. The van der Waals surface area contributed by atoms with Gasteiger partial charge >= 0.3 is 0 Å². The maximum Gasteiger partial charge on any atom is 0.201 e. The lowest BCUT2D eigenvalue weighted by Crippen LogP contribution is -2.03. The van der Waals surface area contributed by atoms with Crippen LogP contribution in [-0.2, 0) is 0 Å². The highest BCUT2D eigenvalue weighted by Gasteiger charge is 2.11. The maximum atomic E-state index is 12.9. The van der Waals surface area contributed by atoms with E-state index in [0.717, 1.165) is 10.8 Å². The smallest absolute Gasteiger partial charge is 0.201 e. The van der Waals surface area contributed by atoms with E-state index in [0.29, 0.717) is 27.7 Å². The molecule has 4 aromatic rings. The molecule has 4 rings (SSSR count). The second kappa shape index (κ2) is 4.60. The fourth-order valence-electron chi connectivity index (χ4n) is 2.90. The molecule has 0 N–H and O–H groups in total. The van der Waals surface area contributed by atoms with Crippen LogP contribution in [-0.4, -0.2) is 7.11 Å². The molecular weight excluding hydrogens is 276 g/mol. The highest BCUT2D eigenvalue weighted by molar-refractivity contribution is 6.08. The molecule has 0 bridgehead atoms. The first-order valence-electron chi connectivity index (χ1n) is 7.11. The summed E-state index contributed by atoms with van der Waals surface area (Å²) >= 11 is 0. The van der Waals surface area contributed by atoms with Gasteiger partial charge in [-0.3, -0.25) is 4.79 Å². The third-order valence-corrected chi connectivity index (χ3v) is 4.02. The number of hydrogen-bond acceptors (Lipinski definition) is 3. The predicted octanol–water partition coefficient (Wildman–Crippen LogP) is 4.42. The normalized spacial score (nSPS) is 11.4. The Hall–Kier alpha value is -2.81. The molecule has 0 aliphatic carbocycles. The number of benzene rings is 3. The maximum absolute atomic E-state index is 12.9. The van der Waals surface area contributed by atoms with E-state index in [1.165, 1.54) is 5.56 Å². The topological polar surface area (TPSA) is 39.4 Å². The van der Waals surface area contributed by atoms with E-state index in [1.54, 1.807) is 25.3 Å². The van der Waals surface area contributed by atoms with Crippen molar-refractivity contribution in [3.05, 3.63) is 64.3 Å². The molecule has 0 spiro atoms. The Morgan fingerprint density at radius 2 is 1.73 bits per heavy atom. The summed E-state index contributed by atoms with van der Waals surface area (Å²) in [6, 6.07) is 15.2. The number of ether oxygens (including phenoxy) is 1. The average Bonchev–Trinajstić information content (AvgIpc) is 2.54. The first-order valence-corrected chi connectivity index (χ1v) is 7.11. The third kappa shape index (κ3) is 1.79. The molecule has 0 atom stereocenters. The Balaban J connectivity index is 2.24. The average molecular weight is 290 g/mol. The second-order valence-electron chi connectivity index (χ2n) is 5.46. The molecule has 3 nitrogen and oxygen atoms in total. The number of hydrogen-bond donors (Lipinski definition) is 0. The van der Waals surface area contributed by atoms with Crippen LogP contribution in [0.2, 0.25) is 0 Å². The molecule has 0 fully saturated rings. The van der Waals surface area contributed by atoms with Gasteiger partial charge < -0.3 is 9.15 Å². The van der Waals surface area contributed by atoms with E-state index >= 15 is 0 Å². The summed E-state index contributed by atoms with van der Waals surface area (Å²) in [7, 11) is 1.59. The van der Waals surface area contributed by atoms with Crippen molar-refractivity contribution < 1.29 is 9.15 Å². The van der Waals surface area contributed by atoms with E-state index in [9.17, 15) is 4.79 Å². The fraction of sp³-hybridized carbons (Fsp3) is 0.105. The monoisotopic (exact) mass is 290 g/mol. The molecular formula is C19H14O3. The molecule has 0 aliphatic heterocycles. The van der Waals surface area contributed by atoms with Gasteiger partial charge in [-0.25, -0.2) is 0 Å². The van der Waals surface area contributed by atoms with E-state index in [-0.39, 0.29) is 5.43 Å². The van der Waals surface area contributed by atoms with Crippen molar-refractivity contribution in [2.45, 2.75) is 6.92 Å². The molecule has 0 radical (unpaired) electrons. The largest absolute Gasteiger partial charge is 0.497 e. The van der Waals surface area contributed by atoms with Gasteiger partial charge in [-0.15, -0.1) is 0 Å². The van der Waals surface area contributed by atoms with Crippen LogP contribution in [0.25, 0.3) is 32.7 Å². The molecule has 0 amide bonds. The second-order valence-corrected chi connectivity index (χ2v) is 5.46. The first kappa shape index (κ1) is 12.9. The van der Waals surface area contributed by atoms with Crippen LogP contribution in [0.15, 0.2) is 57.7 Å². The van der Waals surface area contributed by atoms with Gasteiger partial charge in [0.05, 0.1) is 17.9 Å². The van der Waals surface area contributed by atoms with Gasteiger partial charge in [0.25, 0.3) is 0 Å². The summed E-state index contributed by atoms with van der Waals surface area (Å²) < 4.78 is 11.1. The minimum Gasteiger partial charge on any atom is -0.497 e. The van der Waals surface area contributed by atoms with Crippen molar-refractivity contribution in [2.24, 2.45) is 0 Å². The molecule has 0 unspecified atom stereocenters. The van der Waals surface area contributed by atoms with E-state index in [2.05, 4.69) is 6.07 Å². The summed E-state index contributed by atoms with van der Waals surface area (Å²) in [5.41, 5.74) is 2.33. The van der Waals surface area contributed by atoms with Crippen molar-refractivity contribution >= 4 is 32.7 Å². The minimum absolute atomic E-state index is 0.0235. The fourth-order valence-corrected chi connectivity index (χ4v) is 2.90. The van der Waals surface area contributed by atoms with Crippen molar-refractivity contribution in [1.82, 2.24) is 0 Å². The molecule has 1 heterocycles. The molecule has 0 aliphatic rings. The lowest BCUT2D eigenvalue weighted by Gasteiger charge is -2.07. The Morgan fingerprint density at radius 3 is 2.55 bits per heavy atom. The van der Waals surface area contributed by atoms with Crippen LogP contribution in [0.3, 0.4) is 0 Å². The zero-order chi connectivity index (χ0) is 15.3. The number of methoxy groups -OCH3 is 1. The van der Waals surface area contributed by atoms with Crippen LogP contribution in [0.1, 0.15) is 5.56 Å². The Labute approximate surface area is 126 Å². The zero-order valence-corrected chi connectivity index (χ0v) is 12.3. The summed E-state index contributed by atoms with van der Waals surface area (Å²) in [5.74, 6) is 0.648. The number of aryl methyl sites for hydroxylation is 1. The highest BCUT2D eigenvalue weighted by atomic mass is 16.5. The van der Waals surface area contributed by atoms with Gasteiger partial charge in [0, 0.05) is 0 Å². The van der Waals surface area contributed by atoms with Crippen molar-refractivity contribution in [3.63, 3.8) is 0 Å². The van der Waals surface area contributed by atoms with Crippen LogP contribution in [0, 0.1) is 6.92 Å². The minimum atomic E-state index is -0.0235. The summed E-state index contributed by atoms with van der Waals surface area (Å²) in [4.78, 5) is 12.9. The SMILES string of the molecule is COc1ccc2oc3ccc4cc(C)ccc4c3c(=O)c2c1. The molecule has 22 heavy (non-hydrogen) atoms. The summed E-state index contributed by atoms with van der Waals surface area (Å²) in [5, 5.41) is 3.13. The summed E-state index contributed by atoms with van der Waals surface area (Å²) in [6.45, 7) is 2.04. The van der Waals surface area contributed by atoms with Gasteiger partial charge in [0.15, 0.2) is 0 Å². The third-order valence-electron chi connectivity index (χ3n) is 4.02. The summed E-state index contributed by atoms with van der Waals surface area (Å²) in [6.07, 6.45) is 0. The lowest BCUT2D eigenvalue weighted by molar-refractivity contribution is 0.415. The Morgan fingerprint density at radius 1 is 0.909 bits per heavy atom. The quantitative estimate of drug-likeness (QED) is 0.385.